The molecule has 95 heavy (non-hydrogen) atoms. The van der Waals surface area contributed by atoms with Crippen LogP contribution in [0.25, 0.3) is 16.9 Å². The third-order valence-electron chi connectivity index (χ3n) is 20.8. The Labute approximate surface area is 608 Å². The molecule has 0 N–H and O–H groups in total. The molecule has 2 nitrogen and oxygen atoms in total. The number of rotatable bonds is 64. The van der Waals surface area contributed by atoms with Crippen LogP contribution in [0.3, 0.4) is 0 Å². The minimum Gasteiger partial charge on any atom is -0.493 e. The van der Waals surface area contributed by atoms with Gasteiger partial charge in [0, 0.05) is 22.3 Å². The Morgan fingerprint density at radius 1 is 0.232 bits per heavy atom. The first-order valence-corrected chi connectivity index (χ1v) is 43.1. The summed E-state index contributed by atoms with van der Waals surface area (Å²) in [5, 5.41) is 0. The minimum absolute atomic E-state index is 0. The van der Waals surface area contributed by atoms with Crippen LogP contribution < -0.4 is 0 Å². The van der Waals surface area contributed by atoms with Crippen LogP contribution >= 0.6 is 0 Å². The van der Waals surface area contributed by atoms with Gasteiger partial charge in [0.1, 0.15) is 0 Å². The van der Waals surface area contributed by atoms with Gasteiger partial charge in [-0.25, -0.2) is 4.70 Å². The summed E-state index contributed by atoms with van der Waals surface area (Å²) >= 11 is 0. The van der Waals surface area contributed by atoms with E-state index in [1.54, 1.807) is 38.1 Å². The minimum atomic E-state index is 0. The van der Waals surface area contributed by atoms with Gasteiger partial charge in [-0.3, -0.25) is 0 Å². The summed E-state index contributed by atoms with van der Waals surface area (Å²) in [6, 6.07) is 10.2. The molecule has 1 aliphatic rings. The van der Waals surface area contributed by atoms with Crippen molar-refractivity contribution < 1.29 is 21.2 Å². The quantitative estimate of drug-likeness (QED) is 0.0273. The summed E-state index contributed by atoms with van der Waals surface area (Å²) in [5.41, 5.74) is 30.0. The number of unbranched alkanes of at least 4 members (excludes halogenated alkanes) is 46. The van der Waals surface area contributed by atoms with E-state index < -0.39 is 0 Å². The number of nitrogens with zero attached hydrogens (tertiary/aromatic N) is 2. The zero-order valence-electron chi connectivity index (χ0n) is 66.2. The van der Waals surface area contributed by atoms with Gasteiger partial charge in [-0.2, -0.15) is 12.8 Å². The summed E-state index contributed by atoms with van der Waals surface area (Å²) in [4.78, 5) is 0. The number of allylic oxidation sites excluding steroid dienone is 2. The number of hydrogen-bond acceptors (Lipinski definition) is 0. The molecule has 3 heteroatoms. The van der Waals surface area contributed by atoms with Crippen LogP contribution in [-0.4, -0.2) is 4.70 Å². The summed E-state index contributed by atoms with van der Waals surface area (Å²) < 4.78 is 1.74. The van der Waals surface area contributed by atoms with Crippen LogP contribution in [0.1, 0.15) is 486 Å². The first-order chi connectivity index (χ1) is 46.3. The maximum Gasteiger partial charge on any atom is 2.00 e. The average molecular weight is 1360 g/mol. The number of hydrogen-bond donors (Lipinski definition) is 0. The van der Waals surface area contributed by atoms with Crippen molar-refractivity contribution in [1.29, 1.82) is 0 Å². The van der Waals surface area contributed by atoms with E-state index in [2.05, 4.69) is 107 Å². The predicted molar refractivity (Wildman–Crippen MR) is 428 cm³/mol. The molecule has 0 atom stereocenters. The molecule has 0 unspecified atom stereocenters. The van der Waals surface area contributed by atoms with Crippen molar-refractivity contribution in [3.63, 3.8) is 0 Å². The fourth-order valence-corrected chi connectivity index (χ4v) is 14.6. The van der Waals surface area contributed by atoms with Crippen molar-refractivity contribution in [2.45, 2.75) is 480 Å². The van der Waals surface area contributed by atoms with Gasteiger partial charge < -0.3 is 19.4 Å². The Hall–Kier alpha value is -1.99. The predicted octanol–water partition coefficient (Wildman–Crippen LogP) is 32.6. The van der Waals surface area contributed by atoms with Crippen molar-refractivity contribution in [3.8, 4) is 0 Å². The van der Waals surface area contributed by atoms with Gasteiger partial charge >= 0.3 is 16.5 Å². The smallest absolute Gasteiger partial charge is 0.493 e. The van der Waals surface area contributed by atoms with E-state index in [4.69, 9.17) is 0 Å². The van der Waals surface area contributed by atoms with Gasteiger partial charge in [0.2, 0.25) is 11.4 Å². The largest absolute Gasteiger partial charge is 2.00 e. The van der Waals surface area contributed by atoms with Crippen LogP contribution in [-0.2, 0) is 55.0 Å². The Balaban J connectivity index is 0.00000184. The van der Waals surface area contributed by atoms with Crippen molar-refractivity contribution in [2.24, 2.45) is 0 Å². The monoisotopic (exact) mass is 1360 g/mol. The van der Waals surface area contributed by atoms with Gasteiger partial charge in [-0.15, -0.1) is 0 Å². The third kappa shape index (κ3) is 45.5. The Morgan fingerprint density at radius 3 is 0.621 bits per heavy atom. The van der Waals surface area contributed by atoms with Gasteiger partial charge in [-0.1, -0.05) is 365 Å². The molecule has 0 amide bonds. The summed E-state index contributed by atoms with van der Waals surface area (Å²) in [6.07, 6.45) is 85.1. The molecule has 0 aliphatic carbocycles. The molecule has 3 rings (SSSR count). The van der Waals surface area contributed by atoms with Crippen molar-refractivity contribution in [1.82, 2.24) is 0 Å². The molecular formula is C92H166N2Ni. The first-order valence-electron chi connectivity index (χ1n) is 43.1. The second-order valence-electron chi connectivity index (χ2n) is 29.8. The maximum atomic E-state index is 13.0. The second kappa shape index (κ2) is 69.1. The van der Waals surface area contributed by atoms with E-state index >= 15 is 0 Å². The van der Waals surface area contributed by atoms with E-state index in [0.29, 0.717) is 0 Å². The van der Waals surface area contributed by atoms with E-state index in [1.165, 1.54) is 382 Å². The Kier molecular flexibility index (Phi) is 67.7. The van der Waals surface area contributed by atoms with E-state index in [-0.39, 0.29) is 16.5 Å². The van der Waals surface area contributed by atoms with Gasteiger partial charge in [0.05, 0.1) is 0 Å². The van der Waals surface area contributed by atoms with Crippen LogP contribution in [0.2, 0.25) is 0 Å². The van der Waals surface area contributed by atoms with E-state index in [1.807, 2.05) is 0 Å². The van der Waals surface area contributed by atoms with Crippen LogP contribution in [0.4, 0.5) is 0 Å². The van der Waals surface area contributed by atoms with Crippen LogP contribution in [0.5, 0.6) is 0 Å². The normalized spacial score (nSPS) is 12.2. The van der Waals surface area contributed by atoms with E-state index in [9.17, 15) is 5.53 Å². The molecule has 0 spiro atoms. The molecule has 2 aromatic rings. The van der Waals surface area contributed by atoms with Gasteiger partial charge in [0.25, 0.3) is 0 Å². The number of benzene rings is 2. The molecule has 0 saturated heterocycles. The zero-order valence-corrected chi connectivity index (χ0v) is 67.2. The van der Waals surface area contributed by atoms with Gasteiger partial charge in [0.15, 0.2) is 0 Å². The first kappa shape index (κ1) is 93.0. The molecule has 0 radical (unpaired) electrons. The zero-order chi connectivity index (χ0) is 68.6. The fourth-order valence-electron chi connectivity index (χ4n) is 14.6. The molecule has 554 valence electrons. The number of aryl methyl sites for hydroxylation is 4. The third-order valence-corrected chi connectivity index (χ3v) is 20.8. The van der Waals surface area contributed by atoms with Crippen LogP contribution in [0.15, 0.2) is 35.4 Å². The fraction of sp³-hybridized carbons (Fsp3) is 0.804. The Morgan fingerprint density at radius 2 is 0.411 bits per heavy atom. The molecule has 2 aromatic carbocycles. The average Bonchev–Trinajstić information content (AvgIpc) is 1.62. The van der Waals surface area contributed by atoms with Gasteiger partial charge in [-0.05, 0) is 160 Å². The Bertz CT molecular complexity index is 1960. The standard InChI is InChI=1S/C54H88N2.2C19H39.Ni/c1-9-17-25-27-28-30-38-52-51(37-29-26-18-10-2)53(47-39-43(31-19-11-3)49(35-23-15-7)44(40-47)32-20-12-4)56(55)54(52)48-41-45(33-21-13-5)50(36-24-16-8)46(42-48)34-22-14-6;2*1-3-5-7-9-11-13-15-17-19-18-16-14-12-10-8-6-4-2;/h39-42H,9-38H2,1-8H3;2*1,3-19H2,2H3;/q;2*-1;+2. The molecule has 1 heterocycles. The van der Waals surface area contributed by atoms with Crippen molar-refractivity contribution >= 4 is 11.4 Å². The SMILES string of the molecule is CCCCCCCCC1=C(c2cc(CCCC)c(CCCC)c(CCCC)c2)[N+](=[N-])C(c2cc(CCCC)c(CCCC)c(CCCC)c2)=C1CCCCCC.[CH2-]CCCCCCCCCCCCCCCCCC.[CH2-]CCCCCCCCCCCCCCCCCC.[Ni+2]. The molecule has 1 aliphatic heterocycles. The summed E-state index contributed by atoms with van der Waals surface area (Å²) in [6.45, 7) is 31.0. The maximum absolute atomic E-state index is 13.0. The van der Waals surface area contributed by atoms with E-state index in [0.717, 1.165) is 62.8 Å². The van der Waals surface area contributed by atoms with Crippen molar-refractivity contribution in [3.05, 3.63) is 99.3 Å². The summed E-state index contributed by atoms with van der Waals surface area (Å²) in [7, 11) is 0. The van der Waals surface area contributed by atoms with Crippen LogP contribution in [0, 0.1) is 13.8 Å². The topological polar surface area (TPSA) is 25.3 Å². The summed E-state index contributed by atoms with van der Waals surface area (Å²) in [5.74, 6) is 0. The molecule has 0 bridgehead atoms. The molecule has 0 saturated carbocycles. The second-order valence-corrected chi connectivity index (χ2v) is 29.8. The molecular weight excluding hydrogens is 1190 g/mol. The molecule has 0 aromatic heterocycles. The van der Waals surface area contributed by atoms with Crippen molar-refractivity contribution in [2.75, 3.05) is 0 Å². The molecule has 0 fully saturated rings.